The van der Waals surface area contributed by atoms with Gasteiger partial charge >= 0.3 is 0 Å². The third-order valence-corrected chi connectivity index (χ3v) is 6.18. The van der Waals surface area contributed by atoms with Crippen LogP contribution in [0.15, 0.2) is 65.3 Å². The van der Waals surface area contributed by atoms with Crippen molar-refractivity contribution >= 4 is 11.0 Å². The van der Waals surface area contributed by atoms with Crippen LogP contribution in [0.2, 0.25) is 0 Å². The molecule has 1 aromatic heterocycles. The van der Waals surface area contributed by atoms with E-state index in [1.807, 2.05) is 37.3 Å². The van der Waals surface area contributed by atoms with Crippen molar-refractivity contribution in [1.82, 2.24) is 10.6 Å². The van der Waals surface area contributed by atoms with Crippen LogP contribution in [-0.2, 0) is 6.54 Å². The number of nitriles is 1. The largest absolute Gasteiger partial charge is 0.464 e. The van der Waals surface area contributed by atoms with Gasteiger partial charge in [0.25, 0.3) is 0 Å². The highest BCUT2D eigenvalue weighted by Gasteiger charge is 2.18. The Kier molecular flexibility index (Phi) is 5.48. The third-order valence-electron chi connectivity index (χ3n) is 6.18. The molecule has 0 spiro atoms. The first-order chi connectivity index (χ1) is 15.6. The molecule has 5 rings (SSSR count). The quantitative estimate of drug-likeness (QED) is 0.441. The van der Waals surface area contributed by atoms with Gasteiger partial charge in [0.15, 0.2) is 0 Å². The van der Waals surface area contributed by atoms with E-state index in [9.17, 15) is 4.39 Å². The Morgan fingerprint density at radius 3 is 2.66 bits per heavy atom. The van der Waals surface area contributed by atoms with Gasteiger partial charge in [-0.05, 0) is 72.5 Å². The maximum Gasteiger partial charge on any atom is 0.134 e. The Morgan fingerprint density at radius 1 is 1.09 bits per heavy atom. The second-order valence-corrected chi connectivity index (χ2v) is 8.40. The van der Waals surface area contributed by atoms with Gasteiger partial charge in [0, 0.05) is 35.6 Å². The van der Waals surface area contributed by atoms with Crippen molar-refractivity contribution in [2.75, 3.05) is 13.1 Å². The molecule has 2 N–H and O–H groups in total. The molecule has 4 aromatic rings. The molecule has 32 heavy (non-hydrogen) atoms. The fourth-order valence-electron chi connectivity index (χ4n) is 4.37. The second-order valence-electron chi connectivity index (χ2n) is 8.40. The van der Waals surface area contributed by atoms with Gasteiger partial charge in [-0.2, -0.15) is 5.26 Å². The van der Waals surface area contributed by atoms with Crippen LogP contribution in [0, 0.1) is 24.1 Å². The number of halogens is 1. The van der Waals surface area contributed by atoms with E-state index < -0.39 is 0 Å². The molecule has 1 atom stereocenters. The van der Waals surface area contributed by atoms with E-state index in [-0.39, 0.29) is 5.82 Å². The Labute approximate surface area is 186 Å². The van der Waals surface area contributed by atoms with E-state index in [1.54, 1.807) is 24.5 Å². The minimum Gasteiger partial charge on any atom is -0.464 e. The average molecular weight is 426 g/mol. The molecule has 5 heteroatoms. The minimum absolute atomic E-state index is 0.263. The molecule has 0 radical (unpaired) electrons. The van der Waals surface area contributed by atoms with Crippen LogP contribution in [0.25, 0.3) is 33.2 Å². The standard InChI is InChI=1S/C27H24FN3O/c1-17-2-7-22(26(28)10-17)25-12-27-24(11-23(25)19-5-3-18(13-29)4-6-19)20(16-32-27)14-31-21-8-9-30-15-21/h2-7,10-12,16,21,30-31H,8-9,14-15H2,1H3. The zero-order chi connectivity index (χ0) is 22.1. The van der Waals surface area contributed by atoms with Crippen molar-refractivity contribution in [3.8, 4) is 28.3 Å². The number of fused-ring (bicyclic) bond motifs is 1. The maximum absolute atomic E-state index is 15.0. The molecule has 1 saturated heterocycles. The van der Waals surface area contributed by atoms with E-state index in [4.69, 9.17) is 9.68 Å². The van der Waals surface area contributed by atoms with Gasteiger partial charge in [-0.1, -0.05) is 24.3 Å². The summed E-state index contributed by atoms with van der Waals surface area (Å²) < 4.78 is 20.9. The minimum atomic E-state index is -0.263. The second kappa shape index (κ2) is 8.58. The van der Waals surface area contributed by atoms with E-state index >= 15 is 0 Å². The van der Waals surface area contributed by atoms with Crippen molar-refractivity contribution in [2.45, 2.75) is 25.9 Å². The lowest BCUT2D eigenvalue weighted by Gasteiger charge is -2.13. The molecule has 0 amide bonds. The summed E-state index contributed by atoms with van der Waals surface area (Å²) in [5, 5.41) is 17.1. The van der Waals surface area contributed by atoms with Crippen molar-refractivity contribution < 1.29 is 8.81 Å². The SMILES string of the molecule is Cc1ccc(-c2cc3occ(CNC4CCNC4)c3cc2-c2ccc(C#N)cc2)c(F)c1. The summed E-state index contributed by atoms with van der Waals surface area (Å²) in [5.41, 5.74) is 6.43. The smallest absolute Gasteiger partial charge is 0.134 e. The molecule has 160 valence electrons. The van der Waals surface area contributed by atoms with Gasteiger partial charge in [0.2, 0.25) is 0 Å². The predicted molar refractivity (Wildman–Crippen MR) is 125 cm³/mol. The summed E-state index contributed by atoms with van der Waals surface area (Å²) in [7, 11) is 0. The Hall–Kier alpha value is -3.46. The highest BCUT2D eigenvalue weighted by Crippen LogP contribution is 2.38. The molecule has 2 heterocycles. The van der Waals surface area contributed by atoms with Crippen LogP contribution < -0.4 is 10.6 Å². The molecule has 1 aliphatic heterocycles. The zero-order valence-corrected chi connectivity index (χ0v) is 17.9. The van der Waals surface area contributed by atoms with Crippen LogP contribution in [-0.4, -0.2) is 19.1 Å². The number of hydrogen-bond acceptors (Lipinski definition) is 4. The first kappa shape index (κ1) is 20.4. The third kappa shape index (κ3) is 3.91. The number of hydrogen-bond donors (Lipinski definition) is 2. The summed E-state index contributed by atoms with van der Waals surface area (Å²) in [6, 6.07) is 19.3. The lowest BCUT2D eigenvalue weighted by atomic mass is 9.91. The molecule has 1 aliphatic rings. The van der Waals surface area contributed by atoms with Gasteiger partial charge in [0.05, 0.1) is 17.9 Å². The van der Waals surface area contributed by atoms with Crippen molar-refractivity contribution in [1.29, 1.82) is 5.26 Å². The first-order valence-electron chi connectivity index (χ1n) is 10.9. The normalized spacial score (nSPS) is 15.8. The van der Waals surface area contributed by atoms with Crippen LogP contribution >= 0.6 is 0 Å². The number of benzene rings is 3. The fourth-order valence-corrected chi connectivity index (χ4v) is 4.37. The molecule has 1 fully saturated rings. The number of rotatable bonds is 5. The summed E-state index contributed by atoms with van der Waals surface area (Å²) in [5.74, 6) is -0.263. The Bertz CT molecular complexity index is 1310. The van der Waals surface area contributed by atoms with Crippen LogP contribution in [0.1, 0.15) is 23.1 Å². The van der Waals surface area contributed by atoms with Crippen molar-refractivity contribution in [3.63, 3.8) is 0 Å². The lowest BCUT2D eigenvalue weighted by Crippen LogP contribution is -2.30. The maximum atomic E-state index is 15.0. The van der Waals surface area contributed by atoms with E-state index in [0.717, 1.165) is 58.3 Å². The zero-order valence-electron chi connectivity index (χ0n) is 17.9. The van der Waals surface area contributed by atoms with Gasteiger partial charge < -0.3 is 15.1 Å². The van der Waals surface area contributed by atoms with Crippen LogP contribution in [0.3, 0.4) is 0 Å². The molecule has 0 saturated carbocycles. The highest BCUT2D eigenvalue weighted by atomic mass is 19.1. The average Bonchev–Trinajstić information content (AvgIpc) is 3.46. The van der Waals surface area contributed by atoms with Gasteiger partial charge in [0.1, 0.15) is 11.4 Å². The molecule has 3 aromatic carbocycles. The monoisotopic (exact) mass is 425 g/mol. The fraction of sp³-hybridized carbons (Fsp3) is 0.222. The van der Waals surface area contributed by atoms with Crippen LogP contribution in [0.4, 0.5) is 4.39 Å². The van der Waals surface area contributed by atoms with Gasteiger partial charge in [-0.25, -0.2) is 4.39 Å². The molecule has 0 bridgehead atoms. The summed E-state index contributed by atoms with van der Waals surface area (Å²) in [6.45, 7) is 4.61. The number of nitrogens with zero attached hydrogens (tertiary/aromatic N) is 1. The van der Waals surface area contributed by atoms with Gasteiger partial charge in [-0.3, -0.25) is 0 Å². The molecule has 0 aliphatic carbocycles. The molecular formula is C27H24FN3O. The van der Waals surface area contributed by atoms with Crippen LogP contribution in [0.5, 0.6) is 0 Å². The number of furan rings is 1. The van der Waals surface area contributed by atoms with Gasteiger partial charge in [-0.15, -0.1) is 0 Å². The summed E-state index contributed by atoms with van der Waals surface area (Å²) in [4.78, 5) is 0. The number of nitrogens with one attached hydrogen (secondary N) is 2. The lowest BCUT2D eigenvalue weighted by molar-refractivity contribution is 0.541. The van der Waals surface area contributed by atoms with E-state index in [2.05, 4.69) is 22.8 Å². The molecule has 4 nitrogen and oxygen atoms in total. The Morgan fingerprint density at radius 2 is 1.94 bits per heavy atom. The summed E-state index contributed by atoms with van der Waals surface area (Å²) in [6.07, 6.45) is 2.90. The topological polar surface area (TPSA) is 61.0 Å². The Balaban J connectivity index is 1.63. The summed E-state index contributed by atoms with van der Waals surface area (Å²) >= 11 is 0. The van der Waals surface area contributed by atoms with Crippen molar-refractivity contribution in [3.05, 3.63) is 83.4 Å². The predicted octanol–water partition coefficient (Wildman–Crippen LogP) is 5.54. The molecular weight excluding hydrogens is 401 g/mol. The van der Waals surface area contributed by atoms with Crippen molar-refractivity contribution in [2.24, 2.45) is 0 Å². The highest BCUT2D eigenvalue weighted by molar-refractivity contribution is 5.95. The first-order valence-corrected chi connectivity index (χ1v) is 10.9. The van der Waals surface area contributed by atoms with E-state index in [1.165, 1.54) is 0 Å². The number of aryl methyl sites for hydroxylation is 1. The molecule has 1 unspecified atom stereocenters. The van der Waals surface area contributed by atoms with E-state index in [0.29, 0.717) is 23.7 Å².